The van der Waals surface area contributed by atoms with Crippen molar-refractivity contribution in [3.63, 3.8) is 0 Å². The maximum absolute atomic E-state index is 6.95. The molecule has 0 saturated carbocycles. The second kappa shape index (κ2) is 29.6. The predicted octanol–water partition coefficient (Wildman–Crippen LogP) is 15.5. The lowest BCUT2D eigenvalue weighted by atomic mass is 11.8. The Bertz CT molecular complexity index is 2090. The van der Waals surface area contributed by atoms with E-state index in [1.807, 2.05) is 0 Å². The van der Waals surface area contributed by atoms with Gasteiger partial charge in [-0.2, -0.15) is 0 Å². The Kier molecular flexibility index (Phi) is 30.9. The van der Waals surface area contributed by atoms with Gasteiger partial charge in [0.1, 0.15) is 0 Å². The van der Waals surface area contributed by atoms with E-state index in [2.05, 4.69) is 282 Å². The second-order valence-electron chi connectivity index (χ2n) is 31.8. The molecule has 20 nitrogen and oxygen atoms in total. The zero-order valence-corrected chi connectivity index (χ0v) is 82.9. The summed E-state index contributed by atoms with van der Waals surface area (Å²) >= 11 is 0. The van der Waals surface area contributed by atoms with Crippen molar-refractivity contribution in [3.8, 4) is 0 Å². The summed E-state index contributed by atoms with van der Waals surface area (Å²) in [6.07, 6.45) is 0. The molecule has 0 aliphatic heterocycles. The molecule has 0 aliphatic rings. The molecule has 0 aromatic carbocycles. The Labute approximate surface area is 539 Å². The molecule has 0 aromatic rings. The van der Waals surface area contributed by atoms with Crippen molar-refractivity contribution in [2.75, 3.05) is 0 Å². The molecule has 0 amide bonds. The molecule has 84 heavy (non-hydrogen) atoms. The van der Waals surface area contributed by atoms with Gasteiger partial charge in [0, 0.05) is 0 Å². The summed E-state index contributed by atoms with van der Waals surface area (Å²) < 4.78 is 136. The predicted molar refractivity (Wildman–Crippen MR) is 396 cm³/mol. The number of hydrogen-bond acceptors (Lipinski definition) is 20. The van der Waals surface area contributed by atoms with E-state index in [9.17, 15) is 0 Å². The lowest BCUT2D eigenvalue weighted by molar-refractivity contribution is 0.250. The molecule has 0 aromatic heterocycles. The molecule has 0 aliphatic carbocycles. The highest BCUT2D eigenvalue weighted by Gasteiger charge is 2.55. The van der Waals surface area contributed by atoms with E-state index in [1.165, 1.54) is 0 Å². The van der Waals surface area contributed by atoms with Gasteiger partial charge >= 0.3 is 163 Å². The third-order valence-corrected chi connectivity index (χ3v) is 89.3. The minimum Gasteiger partial charge on any atom is -0.440 e. The summed E-state index contributed by atoms with van der Waals surface area (Å²) in [4.78, 5) is 0. The highest BCUT2D eigenvalue weighted by Crippen LogP contribution is 2.35. The van der Waals surface area contributed by atoms with Crippen molar-refractivity contribution in [1.29, 1.82) is 0 Å². The standard InChI is InChI=1S/C43H130O20Si21/c1-64(2)44-66(6,7)46-68(10,11)48-70(14,15)50-72(18,19)52-74(22,23)54-76(26,27)56-78(30,31)58-80(34,35)60-82(38,39)62-84(42,43)63-83(40,41)61-81(36,37)59-79(32,33)57-77(28,29)55-75(24,25)53-73(20,21)51-71(16,17)49-69(12,13)47-67(8,9)45-65(3,4)5/h64H,1-43H3. The molecule has 506 valence electrons. The molecular weight excluding hydrogens is 1430 g/mol. The van der Waals surface area contributed by atoms with Crippen molar-refractivity contribution in [3.05, 3.63) is 0 Å². The van der Waals surface area contributed by atoms with Gasteiger partial charge in [-0.05, 0) is 282 Å². The van der Waals surface area contributed by atoms with Crippen LogP contribution in [0, 0.1) is 0 Å². The monoisotopic (exact) mass is 1550 g/mol. The van der Waals surface area contributed by atoms with Gasteiger partial charge < -0.3 is 82.3 Å². The third kappa shape index (κ3) is 40.9. The quantitative estimate of drug-likeness (QED) is 0.0527. The van der Waals surface area contributed by atoms with Crippen molar-refractivity contribution in [2.24, 2.45) is 0 Å². The van der Waals surface area contributed by atoms with Crippen LogP contribution in [0.4, 0.5) is 0 Å². The maximum Gasteiger partial charge on any atom is 0.314 e. The average Bonchev–Trinajstić information content (AvgIpc) is 2.94. The van der Waals surface area contributed by atoms with Gasteiger partial charge in [0.15, 0.2) is 17.4 Å². The fourth-order valence-electron chi connectivity index (χ4n) is 12.4. The third-order valence-electron chi connectivity index (χ3n) is 9.92. The van der Waals surface area contributed by atoms with E-state index < -0.39 is 180 Å². The fourth-order valence-corrected chi connectivity index (χ4v) is 118. The molecule has 0 heterocycles. The first-order valence-electron chi connectivity index (χ1n) is 29.9. The van der Waals surface area contributed by atoms with Crippen LogP contribution in [0.2, 0.25) is 282 Å². The first-order chi connectivity index (χ1) is 35.9. The number of hydrogen-bond donors (Lipinski definition) is 0. The van der Waals surface area contributed by atoms with Gasteiger partial charge in [-0.3, -0.25) is 0 Å². The lowest BCUT2D eigenvalue weighted by Gasteiger charge is -2.45. The number of rotatable bonds is 40. The van der Waals surface area contributed by atoms with Crippen molar-refractivity contribution in [1.82, 2.24) is 0 Å². The van der Waals surface area contributed by atoms with E-state index >= 15 is 0 Å². The minimum atomic E-state index is -2.86. The van der Waals surface area contributed by atoms with E-state index in [0.717, 1.165) is 0 Å². The fraction of sp³-hybridized carbons (Fsp3) is 1.00. The average molecular weight is 1560 g/mol. The highest BCUT2D eigenvalue weighted by molar-refractivity contribution is 6.96. The summed E-state index contributed by atoms with van der Waals surface area (Å²) in [6, 6.07) is 0. The first-order valence-corrected chi connectivity index (χ1v) is 89.6. The molecule has 0 bridgehead atoms. The molecular formula is C43H130O20Si21. The summed E-state index contributed by atoms with van der Waals surface area (Å²) in [5, 5.41) is 0. The summed E-state index contributed by atoms with van der Waals surface area (Å²) in [5.41, 5.74) is 0. The van der Waals surface area contributed by atoms with Gasteiger partial charge in [0.2, 0.25) is 0 Å². The van der Waals surface area contributed by atoms with Crippen LogP contribution in [0.3, 0.4) is 0 Å². The highest BCUT2D eigenvalue weighted by atomic mass is 28.6. The van der Waals surface area contributed by atoms with E-state index in [-0.39, 0.29) is 0 Å². The zero-order chi connectivity index (χ0) is 67.7. The van der Waals surface area contributed by atoms with Crippen LogP contribution in [-0.2, 0) is 82.3 Å². The van der Waals surface area contributed by atoms with Crippen LogP contribution in [-0.4, -0.2) is 180 Å². The van der Waals surface area contributed by atoms with E-state index in [4.69, 9.17) is 82.3 Å². The van der Waals surface area contributed by atoms with Crippen molar-refractivity contribution < 1.29 is 82.3 Å². The summed E-state index contributed by atoms with van der Waals surface area (Å²) in [7, 11) is -55.2. The van der Waals surface area contributed by atoms with Crippen LogP contribution in [0.5, 0.6) is 0 Å². The van der Waals surface area contributed by atoms with Crippen LogP contribution in [0.15, 0.2) is 0 Å². The van der Waals surface area contributed by atoms with Gasteiger partial charge in [0.25, 0.3) is 0 Å². The second-order valence-corrected chi connectivity index (χ2v) is 108. The van der Waals surface area contributed by atoms with Crippen LogP contribution in [0.1, 0.15) is 0 Å². The Morgan fingerprint density at radius 3 is 0.298 bits per heavy atom. The maximum atomic E-state index is 6.95. The normalized spacial score (nSPS) is 16.1. The molecule has 0 atom stereocenters. The summed E-state index contributed by atoms with van der Waals surface area (Å²) in [5.74, 6) is 0. The van der Waals surface area contributed by atoms with Gasteiger partial charge in [-0.15, -0.1) is 0 Å². The van der Waals surface area contributed by atoms with Crippen LogP contribution < -0.4 is 0 Å². The summed E-state index contributed by atoms with van der Waals surface area (Å²) in [6.45, 7) is 89.5. The van der Waals surface area contributed by atoms with Gasteiger partial charge in [-0.25, -0.2) is 0 Å². The molecule has 0 spiro atoms. The first kappa shape index (κ1) is 87.8. The molecule has 0 N–H and O–H groups in total. The molecule has 41 heteroatoms. The Morgan fingerprint density at radius 2 is 0.214 bits per heavy atom. The SMILES string of the molecule is C[SiH](C)O[Si](C)(C)O[Si](C)(C)O[Si](C)(C)O[Si](C)(C)O[Si](C)(C)O[Si](C)(C)O[Si](C)(C)O[Si](C)(C)O[Si](C)(C)O[Si](C)(C)O[Si](C)(C)O[Si](C)(C)O[Si](C)(C)O[Si](C)(C)O[Si](C)(C)O[Si](C)(C)O[Si](C)(C)O[Si](C)(C)O[Si](C)(C)O[Si](C)(C)C. The molecule has 0 unspecified atom stereocenters. The molecule has 0 fully saturated rings. The molecule has 0 rings (SSSR count). The van der Waals surface area contributed by atoms with E-state index in [1.54, 1.807) is 0 Å². The van der Waals surface area contributed by atoms with Crippen molar-refractivity contribution >= 4 is 180 Å². The largest absolute Gasteiger partial charge is 0.440 e. The Morgan fingerprint density at radius 1 is 0.131 bits per heavy atom. The van der Waals surface area contributed by atoms with Gasteiger partial charge in [-0.1, -0.05) is 0 Å². The van der Waals surface area contributed by atoms with E-state index in [0.29, 0.717) is 0 Å². The van der Waals surface area contributed by atoms with Crippen molar-refractivity contribution in [2.45, 2.75) is 282 Å². The Balaban J connectivity index is 5.83. The minimum absolute atomic E-state index is 1.27. The topological polar surface area (TPSA) is 185 Å². The molecule has 0 saturated heterocycles. The lowest BCUT2D eigenvalue weighted by Crippen LogP contribution is -2.63. The Hall–Kier alpha value is 3.75. The zero-order valence-electron chi connectivity index (χ0n) is 61.7. The van der Waals surface area contributed by atoms with Crippen LogP contribution in [0.25, 0.3) is 0 Å². The smallest absolute Gasteiger partial charge is 0.314 e. The van der Waals surface area contributed by atoms with Gasteiger partial charge in [0.05, 0.1) is 0 Å². The van der Waals surface area contributed by atoms with Crippen LogP contribution >= 0.6 is 0 Å². The molecule has 0 radical (unpaired) electrons.